The van der Waals surface area contributed by atoms with Crippen LogP contribution in [0.15, 0.2) is 42.5 Å². The van der Waals surface area contributed by atoms with Gasteiger partial charge in [-0.3, -0.25) is 0 Å². The largest absolute Gasteiger partial charge is 0.479 e. The van der Waals surface area contributed by atoms with Gasteiger partial charge in [0.15, 0.2) is 6.10 Å². The topological polar surface area (TPSA) is 90.9 Å². The molecule has 0 aromatic heterocycles. The van der Waals surface area contributed by atoms with Crippen molar-refractivity contribution < 1.29 is 19.4 Å². The van der Waals surface area contributed by atoms with E-state index >= 15 is 0 Å². The van der Waals surface area contributed by atoms with Crippen LogP contribution in [0.1, 0.15) is 71.3 Å². The lowest BCUT2D eigenvalue weighted by Crippen LogP contribution is -2.40. The first-order valence-corrected chi connectivity index (χ1v) is 13.2. The minimum Gasteiger partial charge on any atom is -0.479 e. The maximum absolute atomic E-state index is 13.0. The Morgan fingerprint density at radius 2 is 1.75 bits per heavy atom. The lowest BCUT2D eigenvalue weighted by Gasteiger charge is -2.38. The maximum Gasteiger partial charge on any atom is 0.344 e. The smallest absolute Gasteiger partial charge is 0.344 e. The fraction of sp³-hybridized carbons (Fsp3) is 0.517. The number of benzene rings is 2. The van der Waals surface area contributed by atoms with Crippen LogP contribution in [0.2, 0.25) is 0 Å². The van der Waals surface area contributed by atoms with Crippen molar-refractivity contribution >= 4 is 29.1 Å². The number of carbonyl (C=O) groups is 2. The standard InChI is InChI=1S/C29H41N3O4/c1-5-9-27(28(33)34)36-24-16-17-26(32(19-20(2)3)23-10-7-6-8-11-23)25(18-24)31-29(35)30-22-14-12-21(4)13-15-22/h12-18,20,23,27H,5-11,19H2,1-4H3,(H,33,34)(H2,30,31,35). The molecule has 1 saturated carbocycles. The molecule has 196 valence electrons. The Morgan fingerprint density at radius 3 is 2.36 bits per heavy atom. The van der Waals surface area contributed by atoms with Crippen LogP contribution in [-0.2, 0) is 4.79 Å². The number of aryl methyl sites for hydroxylation is 1. The molecule has 2 amide bonds. The van der Waals surface area contributed by atoms with Crippen molar-refractivity contribution in [3.05, 3.63) is 48.0 Å². The van der Waals surface area contributed by atoms with Crippen LogP contribution in [0.5, 0.6) is 5.75 Å². The number of ether oxygens (including phenoxy) is 1. The number of carboxylic acid groups (broad SMARTS) is 1. The predicted molar refractivity (Wildman–Crippen MR) is 146 cm³/mol. The summed E-state index contributed by atoms with van der Waals surface area (Å²) in [5, 5.41) is 15.5. The summed E-state index contributed by atoms with van der Waals surface area (Å²) >= 11 is 0. The molecule has 7 heteroatoms. The van der Waals surface area contributed by atoms with Gasteiger partial charge in [-0.25, -0.2) is 9.59 Å². The number of urea groups is 1. The van der Waals surface area contributed by atoms with Crippen LogP contribution in [-0.4, -0.2) is 35.8 Å². The van der Waals surface area contributed by atoms with Crippen LogP contribution in [0.4, 0.5) is 21.9 Å². The van der Waals surface area contributed by atoms with E-state index in [0.29, 0.717) is 41.9 Å². The van der Waals surface area contributed by atoms with E-state index in [1.165, 1.54) is 19.3 Å². The normalized spacial score (nSPS) is 14.8. The first-order valence-electron chi connectivity index (χ1n) is 13.2. The van der Waals surface area contributed by atoms with Gasteiger partial charge in [0.1, 0.15) is 5.75 Å². The van der Waals surface area contributed by atoms with E-state index in [1.807, 2.05) is 50.2 Å². The molecular weight excluding hydrogens is 454 g/mol. The van der Waals surface area contributed by atoms with Crippen molar-refractivity contribution in [2.24, 2.45) is 5.92 Å². The molecule has 7 nitrogen and oxygen atoms in total. The van der Waals surface area contributed by atoms with Gasteiger partial charge in [0.25, 0.3) is 0 Å². The van der Waals surface area contributed by atoms with Gasteiger partial charge in [0.2, 0.25) is 0 Å². The molecule has 1 unspecified atom stereocenters. The van der Waals surface area contributed by atoms with E-state index < -0.39 is 12.1 Å². The van der Waals surface area contributed by atoms with Crippen LogP contribution in [0, 0.1) is 12.8 Å². The van der Waals surface area contributed by atoms with Crippen LogP contribution >= 0.6 is 0 Å². The fourth-order valence-electron chi connectivity index (χ4n) is 4.75. The van der Waals surface area contributed by atoms with Gasteiger partial charge in [-0.15, -0.1) is 0 Å². The zero-order valence-corrected chi connectivity index (χ0v) is 22.0. The Labute approximate surface area is 215 Å². The van der Waals surface area contributed by atoms with Crippen molar-refractivity contribution in [1.82, 2.24) is 0 Å². The second-order valence-electron chi connectivity index (χ2n) is 10.2. The molecule has 2 aromatic carbocycles. The van der Waals surface area contributed by atoms with E-state index in [2.05, 4.69) is 29.4 Å². The number of aliphatic carboxylic acids is 1. The van der Waals surface area contributed by atoms with Crippen molar-refractivity contribution in [3.63, 3.8) is 0 Å². The van der Waals surface area contributed by atoms with Crippen molar-refractivity contribution in [3.8, 4) is 5.75 Å². The molecule has 0 spiro atoms. The summed E-state index contributed by atoms with van der Waals surface area (Å²) in [6.45, 7) is 9.20. The second kappa shape index (κ2) is 13.2. The number of rotatable bonds is 11. The Morgan fingerprint density at radius 1 is 1.06 bits per heavy atom. The third-order valence-corrected chi connectivity index (χ3v) is 6.52. The number of carbonyl (C=O) groups excluding carboxylic acids is 1. The first-order chi connectivity index (χ1) is 17.3. The highest BCUT2D eigenvalue weighted by Crippen LogP contribution is 2.36. The summed E-state index contributed by atoms with van der Waals surface area (Å²) in [5.74, 6) is -0.118. The molecular formula is C29H41N3O4. The zero-order valence-electron chi connectivity index (χ0n) is 22.0. The van der Waals surface area contributed by atoms with Crippen molar-refractivity contribution in [2.45, 2.75) is 84.8 Å². The number of hydrogen-bond acceptors (Lipinski definition) is 4. The average molecular weight is 496 g/mol. The van der Waals surface area contributed by atoms with E-state index in [4.69, 9.17) is 4.74 Å². The number of anilines is 3. The molecule has 0 saturated heterocycles. The summed E-state index contributed by atoms with van der Waals surface area (Å²) in [5.41, 5.74) is 3.37. The summed E-state index contributed by atoms with van der Waals surface area (Å²) in [4.78, 5) is 27.1. The predicted octanol–water partition coefficient (Wildman–Crippen LogP) is 7.07. The SMILES string of the molecule is CCCC(Oc1ccc(N(CC(C)C)C2CCCCC2)c(NC(=O)Nc2ccc(C)cc2)c1)C(=O)O. The zero-order chi connectivity index (χ0) is 26.1. The second-order valence-corrected chi connectivity index (χ2v) is 10.2. The molecule has 1 atom stereocenters. The molecule has 1 fully saturated rings. The van der Waals surface area contributed by atoms with Crippen LogP contribution in [0.3, 0.4) is 0 Å². The molecule has 0 aliphatic heterocycles. The Hall–Kier alpha value is -3.22. The molecule has 3 N–H and O–H groups in total. The Balaban J connectivity index is 1.93. The molecule has 1 aliphatic rings. The van der Waals surface area contributed by atoms with Gasteiger partial charge in [-0.1, -0.05) is 64.2 Å². The molecule has 3 rings (SSSR count). The van der Waals surface area contributed by atoms with E-state index in [1.54, 1.807) is 6.07 Å². The molecule has 36 heavy (non-hydrogen) atoms. The van der Waals surface area contributed by atoms with Crippen molar-refractivity contribution in [1.29, 1.82) is 0 Å². The highest BCUT2D eigenvalue weighted by Gasteiger charge is 2.26. The minimum atomic E-state index is -0.990. The van der Waals surface area contributed by atoms with Gasteiger partial charge in [-0.05, 0) is 56.4 Å². The Bertz CT molecular complexity index is 1000. The number of nitrogens with zero attached hydrogens (tertiary/aromatic N) is 1. The number of nitrogens with one attached hydrogen (secondary N) is 2. The fourth-order valence-corrected chi connectivity index (χ4v) is 4.75. The third kappa shape index (κ3) is 7.90. The first kappa shape index (κ1) is 27.4. The van der Waals surface area contributed by atoms with Crippen molar-refractivity contribution in [2.75, 3.05) is 22.1 Å². The lowest BCUT2D eigenvalue weighted by atomic mass is 9.93. The lowest BCUT2D eigenvalue weighted by molar-refractivity contribution is -0.145. The van der Waals surface area contributed by atoms with Crippen LogP contribution < -0.4 is 20.3 Å². The van der Waals surface area contributed by atoms with Crippen LogP contribution in [0.25, 0.3) is 0 Å². The molecule has 0 bridgehead atoms. The number of hydrogen-bond donors (Lipinski definition) is 3. The molecule has 0 heterocycles. The average Bonchev–Trinajstić information content (AvgIpc) is 2.84. The monoisotopic (exact) mass is 495 g/mol. The van der Waals surface area contributed by atoms with Gasteiger partial charge in [0.05, 0.1) is 11.4 Å². The molecule has 2 aromatic rings. The Kier molecular flexibility index (Phi) is 10.0. The highest BCUT2D eigenvalue weighted by atomic mass is 16.5. The quantitative estimate of drug-likeness (QED) is 0.310. The minimum absolute atomic E-state index is 0.353. The molecule has 1 aliphatic carbocycles. The van der Waals surface area contributed by atoms with Gasteiger partial charge < -0.3 is 25.4 Å². The molecule has 0 radical (unpaired) electrons. The summed E-state index contributed by atoms with van der Waals surface area (Å²) < 4.78 is 5.84. The third-order valence-electron chi connectivity index (χ3n) is 6.52. The van der Waals surface area contributed by atoms with Gasteiger partial charge in [0, 0.05) is 24.3 Å². The van der Waals surface area contributed by atoms with E-state index in [-0.39, 0.29) is 6.03 Å². The number of amides is 2. The highest BCUT2D eigenvalue weighted by molar-refractivity contribution is 6.02. The summed E-state index contributed by atoms with van der Waals surface area (Å²) in [7, 11) is 0. The van der Waals surface area contributed by atoms with E-state index in [0.717, 1.165) is 30.6 Å². The number of carboxylic acids is 1. The summed E-state index contributed by atoms with van der Waals surface area (Å²) in [6.07, 6.45) is 6.09. The summed E-state index contributed by atoms with van der Waals surface area (Å²) in [6, 6.07) is 13.2. The van der Waals surface area contributed by atoms with Gasteiger partial charge >= 0.3 is 12.0 Å². The maximum atomic E-state index is 13.0. The van der Waals surface area contributed by atoms with Gasteiger partial charge in [-0.2, -0.15) is 0 Å². The van der Waals surface area contributed by atoms with E-state index in [9.17, 15) is 14.7 Å².